The number of hydrogen-bond donors (Lipinski definition) is 2. The van der Waals surface area contributed by atoms with Crippen LogP contribution in [0.1, 0.15) is 80.6 Å². The predicted octanol–water partition coefficient (Wildman–Crippen LogP) is 5.68. The maximum Gasteiger partial charge on any atom is 0.410 e. The number of nitrogens with zero attached hydrogens (tertiary/aromatic N) is 1. The van der Waals surface area contributed by atoms with Crippen molar-refractivity contribution in [1.82, 2.24) is 10.2 Å². The van der Waals surface area contributed by atoms with Gasteiger partial charge in [-0.05, 0) is 70.1 Å². The first-order valence-corrected chi connectivity index (χ1v) is 16.4. The van der Waals surface area contributed by atoms with Crippen LogP contribution in [-0.2, 0) is 23.7 Å². The lowest BCUT2D eigenvalue weighted by atomic mass is 9.86. The normalized spacial score (nSPS) is 33.0. The van der Waals surface area contributed by atoms with Crippen LogP contribution in [0.3, 0.4) is 0 Å². The molecule has 9 nitrogen and oxygen atoms in total. The van der Waals surface area contributed by atoms with Crippen LogP contribution in [-0.4, -0.2) is 92.5 Å². The van der Waals surface area contributed by atoms with E-state index in [-0.39, 0.29) is 42.0 Å². The monoisotopic (exact) mass is 620 g/mol. The van der Waals surface area contributed by atoms with Crippen LogP contribution in [0, 0.1) is 23.7 Å². The number of likely N-dealkylation sites (N-methyl/N-ethyl adjacent to an activating group) is 2. The quantitative estimate of drug-likeness (QED) is 0.117. The number of methoxy groups -OCH3 is 1. The maximum atomic E-state index is 13.0. The molecule has 1 amide bonds. The van der Waals surface area contributed by atoms with Gasteiger partial charge in [-0.2, -0.15) is 0 Å². The SMILES string of the molecule is CC[C@H](O)[C@@H](C)[C@H]1O[C@@H]1C[C@H](C)/C=C/C=C(\C)[C@H]1OC(=O)C[C@H](C)CC[C@@](C)(OC)[C@@H](OC(=O)N(C)CCNC)/C=C/[C@@H]1C. The zero-order chi connectivity index (χ0) is 33.0. The van der Waals surface area contributed by atoms with E-state index in [4.69, 9.17) is 18.9 Å². The number of hydrogen-bond acceptors (Lipinski definition) is 8. The molecule has 9 heteroatoms. The Balaban J connectivity index is 2.21. The van der Waals surface area contributed by atoms with E-state index in [0.717, 1.165) is 18.4 Å². The van der Waals surface area contributed by atoms with E-state index < -0.39 is 23.9 Å². The third kappa shape index (κ3) is 11.6. The number of aliphatic hydroxyl groups is 1. The number of epoxide rings is 1. The van der Waals surface area contributed by atoms with Crippen molar-refractivity contribution >= 4 is 12.1 Å². The number of carbonyl (C=O) groups is 2. The highest BCUT2D eigenvalue weighted by molar-refractivity contribution is 5.70. The van der Waals surface area contributed by atoms with Crippen LogP contribution in [0.2, 0.25) is 0 Å². The largest absolute Gasteiger partial charge is 0.457 e. The summed E-state index contributed by atoms with van der Waals surface area (Å²) in [7, 11) is 5.20. The second kappa shape index (κ2) is 18.1. The molecule has 0 aromatic heterocycles. The summed E-state index contributed by atoms with van der Waals surface area (Å²) in [6.45, 7) is 15.4. The number of amides is 1. The molecule has 0 aliphatic carbocycles. The molecule has 1 fully saturated rings. The van der Waals surface area contributed by atoms with Crippen molar-refractivity contribution < 1.29 is 33.6 Å². The van der Waals surface area contributed by atoms with Crippen molar-refractivity contribution in [2.45, 2.75) is 117 Å². The summed E-state index contributed by atoms with van der Waals surface area (Å²) >= 11 is 0. The van der Waals surface area contributed by atoms with Gasteiger partial charge in [-0.3, -0.25) is 4.79 Å². The van der Waals surface area contributed by atoms with E-state index in [1.807, 2.05) is 66.0 Å². The fourth-order valence-corrected chi connectivity index (χ4v) is 5.73. The van der Waals surface area contributed by atoms with Gasteiger partial charge in [0.2, 0.25) is 0 Å². The number of carbonyl (C=O) groups excluding carboxylic acids is 2. The molecule has 0 spiro atoms. The molecule has 2 aliphatic rings. The van der Waals surface area contributed by atoms with Crippen LogP contribution in [0.5, 0.6) is 0 Å². The smallest absolute Gasteiger partial charge is 0.410 e. The highest BCUT2D eigenvalue weighted by atomic mass is 16.6. The Morgan fingerprint density at radius 3 is 2.64 bits per heavy atom. The van der Waals surface area contributed by atoms with E-state index in [1.54, 1.807) is 19.1 Å². The number of nitrogens with one attached hydrogen (secondary N) is 1. The van der Waals surface area contributed by atoms with Crippen molar-refractivity contribution in [3.63, 3.8) is 0 Å². The van der Waals surface area contributed by atoms with Crippen LogP contribution in [0.25, 0.3) is 0 Å². The van der Waals surface area contributed by atoms with Gasteiger partial charge in [0.25, 0.3) is 0 Å². The molecule has 0 aromatic carbocycles. The van der Waals surface area contributed by atoms with E-state index in [2.05, 4.69) is 25.2 Å². The third-order valence-corrected chi connectivity index (χ3v) is 9.30. The zero-order valence-corrected chi connectivity index (χ0v) is 28.9. The van der Waals surface area contributed by atoms with Gasteiger partial charge in [0.1, 0.15) is 11.7 Å². The fraction of sp³-hybridized carbons (Fsp3) is 0.771. The number of rotatable bonds is 13. The number of allylic oxidation sites excluding steroid dienone is 3. The summed E-state index contributed by atoms with van der Waals surface area (Å²) in [5, 5.41) is 13.2. The predicted molar refractivity (Wildman–Crippen MR) is 174 cm³/mol. The van der Waals surface area contributed by atoms with E-state index in [1.165, 1.54) is 0 Å². The molecule has 2 heterocycles. The van der Waals surface area contributed by atoms with Gasteiger partial charge < -0.3 is 34.3 Å². The summed E-state index contributed by atoms with van der Waals surface area (Å²) in [6, 6.07) is 0. The maximum absolute atomic E-state index is 13.0. The Morgan fingerprint density at radius 2 is 2.00 bits per heavy atom. The molecule has 0 aromatic rings. The number of aliphatic hydroxyl groups excluding tert-OH is 1. The van der Waals surface area contributed by atoms with Crippen LogP contribution >= 0.6 is 0 Å². The Labute approximate surface area is 266 Å². The summed E-state index contributed by atoms with van der Waals surface area (Å²) in [5.74, 6) is 0.116. The van der Waals surface area contributed by atoms with Gasteiger partial charge >= 0.3 is 12.1 Å². The van der Waals surface area contributed by atoms with Gasteiger partial charge in [-0.25, -0.2) is 4.79 Å². The summed E-state index contributed by atoms with van der Waals surface area (Å²) in [5.41, 5.74) is 0.169. The molecule has 10 atom stereocenters. The molecular formula is C35H60N2O7. The molecule has 2 N–H and O–H groups in total. The van der Waals surface area contributed by atoms with Crippen molar-refractivity contribution in [2.75, 3.05) is 34.3 Å². The molecule has 0 bridgehead atoms. The third-order valence-electron chi connectivity index (χ3n) is 9.30. The average molecular weight is 621 g/mol. The minimum atomic E-state index is -0.761. The van der Waals surface area contributed by atoms with Crippen molar-refractivity contribution in [3.05, 3.63) is 36.0 Å². The summed E-state index contributed by atoms with van der Waals surface area (Å²) < 4.78 is 23.9. The second-order valence-electron chi connectivity index (χ2n) is 13.3. The molecule has 0 unspecified atom stereocenters. The van der Waals surface area contributed by atoms with Crippen molar-refractivity contribution in [1.29, 1.82) is 0 Å². The fourth-order valence-electron chi connectivity index (χ4n) is 5.73. The molecule has 0 saturated carbocycles. The lowest BCUT2D eigenvalue weighted by Crippen LogP contribution is -2.46. The molecule has 1 saturated heterocycles. The molecule has 44 heavy (non-hydrogen) atoms. The van der Waals surface area contributed by atoms with Gasteiger partial charge in [-0.1, -0.05) is 58.9 Å². The van der Waals surface area contributed by atoms with E-state index >= 15 is 0 Å². The lowest BCUT2D eigenvalue weighted by molar-refractivity contribution is -0.150. The Morgan fingerprint density at radius 1 is 1.30 bits per heavy atom. The Kier molecular flexibility index (Phi) is 15.6. The Bertz CT molecular complexity index is 998. The van der Waals surface area contributed by atoms with Gasteiger partial charge in [0, 0.05) is 45.5 Å². The van der Waals surface area contributed by atoms with Gasteiger partial charge in [0.15, 0.2) is 6.10 Å². The first-order valence-electron chi connectivity index (χ1n) is 16.4. The number of ether oxygens (including phenoxy) is 4. The van der Waals surface area contributed by atoms with Crippen molar-refractivity contribution in [3.8, 4) is 0 Å². The average Bonchev–Trinajstić information content (AvgIpc) is 3.76. The Hall–Kier alpha value is -2.20. The lowest BCUT2D eigenvalue weighted by Gasteiger charge is -2.36. The first kappa shape index (κ1) is 38.0. The molecule has 0 radical (unpaired) electrons. The van der Waals surface area contributed by atoms with Crippen LogP contribution < -0.4 is 5.32 Å². The van der Waals surface area contributed by atoms with Crippen molar-refractivity contribution in [2.24, 2.45) is 23.7 Å². The van der Waals surface area contributed by atoms with E-state index in [9.17, 15) is 14.7 Å². The van der Waals surface area contributed by atoms with Crippen LogP contribution in [0.15, 0.2) is 36.0 Å². The number of esters is 1. The second-order valence-corrected chi connectivity index (χ2v) is 13.3. The molecule has 2 aliphatic heterocycles. The zero-order valence-electron chi connectivity index (χ0n) is 28.9. The van der Waals surface area contributed by atoms with Gasteiger partial charge in [-0.15, -0.1) is 0 Å². The summed E-state index contributed by atoms with van der Waals surface area (Å²) in [4.78, 5) is 27.5. The standard InChI is InChI=1S/C35H60N2O7/c1-11-28(38)27(6)33-29(42-33)21-23(2)13-12-14-25(4)32-26(5)15-16-30(43-34(40)37(9)20-19-36-8)35(7,41-10)18-17-24(3)22-31(39)44-32/h12-16,23-24,26-30,32-33,36,38H,11,17-22H2,1-10H3/b13-12+,16-15+,25-14+/t23-,24-,26+,27-,28+,29-,30+,32-,33-,35-/m1/s1. The number of cyclic esters (lactones) is 1. The minimum Gasteiger partial charge on any atom is -0.457 e. The topological polar surface area (TPSA) is 110 Å². The summed E-state index contributed by atoms with van der Waals surface area (Å²) in [6.07, 6.45) is 11.8. The van der Waals surface area contributed by atoms with Gasteiger partial charge in [0.05, 0.1) is 18.3 Å². The minimum absolute atomic E-state index is 0.0747. The highest BCUT2D eigenvalue weighted by Crippen LogP contribution is 2.36. The molecular weight excluding hydrogens is 560 g/mol. The molecule has 252 valence electrons. The van der Waals surface area contributed by atoms with E-state index in [0.29, 0.717) is 38.3 Å². The highest BCUT2D eigenvalue weighted by Gasteiger charge is 2.45. The van der Waals surface area contributed by atoms with Crippen LogP contribution in [0.4, 0.5) is 4.79 Å². The first-order chi connectivity index (χ1) is 20.8. The molecule has 2 rings (SSSR count).